The Kier molecular flexibility index (Phi) is 77.3. The molecule has 0 saturated carbocycles. The summed E-state index contributed by atoms with van der Waals surface area (Å²) in [7, 11) is 0. The second-order valence-corrected chi connectivity index (χ2v) is 27.4. The molecular formula is C82H157N3O7. The third-order valence-corrected chi connectivity index (χ3v) is 18.6. The minimum Gasteiger partial charge on any atom is -0.466 e. The molecule has 0 fully saturated rings. The van der Waals surface area contributed by atoms with E-state index in [1.54, 1.807) is 0 Å². The first-order valence-electron chi connectivity index (χ1n) is 40.4. The minimum atomic E-state index is -0.0236. The van der Waals surface area contributed by atoms with Gasteiger partial charge in [0, 0.05) is 32.5 Å². The number of rotatable bonds is 78. The summed E-state index contributed by atoms with van der Waals surface area (Å²) >= 11 is 0. The Morgan fingerprint density at radius 2 is 0.457 bits per heavy atom. The highest BCUT2D eigenvalue weighted by atomic mass is 16.5. The Morgan fingerprint density at radius 3 is 0.696 bits per heavy atom. The molecular weight excluding hydrogens is 1140 g/mol. The fraction of sp³-hybridized carbons (Fsp3) is 0.878. The lowest BCUT2D eigenvalue weighted by Gasteiger charge is -2.21. The van der Waals surface area contributed by atoms with Gasteiger partial charge in [-0.15, -0.1) is 0 Å². The molecule has 542 valence electrons. The normalized spacial score (nSPS) is 12.2. The van der Waals surface area contributed by atoms with Crippen LogP contribution in [-0.4, -0.2) is 134 Å². The minimum absolute atomic E-state index is 0.0236. The van der Waals surface area contributed by atoms with Gasteiger partial charge in [0.1, 0.15) is 0 Å². The molecule has 92 heavy (non-hydrogen) atoms. The largest absolute Gasteiger partial charge is 0.466 e. The summed E-state index contributed by atoms with van der Waals surface area (Å²) in [6.45, 7) is 15.4. The summed E-state index contributed by atoms with van der Waals surface area (Å²) in [5.41, 5.74) is 0. The van der Waals surface area contributed by atoms with Crippen LogP contribution in [0.2, 0.25) is 0 Å². The van der Waals surface area contributed by atoms with Gasteiger partial charge in [0.2, 0.25) is 0 Å². The highest BCUT2D eigenvalue weighted by molar-refractivity contribution is 5.69. The molecule has 0 atom stereocenters. The highest BCUT2D eigenvalue weighted by Gasteiger charge is 2.09. The Morgan fingerprint density at radius 1 is 0.250 bits per heavy atom. The van der Waals surface area contributed by atoms with E-state index in [2.05, 4.69) is 77.2 Å². The van der Waals surface area contributed by atoms with E-state index in [0.29, 0.717) is 26.1 Å². The molecule has 0 aliphatic rings. The number of carbonyl (C=O) groups is 2. The number of aliphatic hydroxyl groups excluding tert-OH is 3. The predicted octanol–water partition coefficient (Wildman–Crippen LogP) is 22.1. The van der Waals surface area contributed by atoms with Gasteiger partial charge >= 0.3 is 11.9 Å². The van der Waals surface area contributed by atoms with Crippen LogP contribution in [0.25, 0.3) is 0 Å². The molecule has 10 heteroatoms. The van der Waals surface area contributed by atoms with Crippen LogP contribution < -0.4 is 0 Å². The second-order valence-electron chi connectivity index (χ2n) is 27.4. The molecule has 0 bridgehead atoms. The first kappa shape index (κ1) is 89.7. The quantitative estimate of drug-likeness (QED) is 0.0308. The lowest BCUT2D eigenvalue weighted by atomic mass is 10.1. The fourth-order valence-corrected chi connectivity index (χ4v) is 12.6. The third-order valence-electron chi connectivity index (χ3n) is 18.6. The molecule has 0 aliphatic carbocycles. The monoisotopic (exact) mass is 1300 g/mol. The van der Waals surface area contributed by atoms with Gasteiger partial charge in [0.15, 0.2) is 0 Å². The van der Waals surface area contributed by atoms with Crippen molar-refractivity contribution in [3.05, 3.63) is 48.6 Å². The lowest BCUT2D eigenvalue weighted by molar-refractivity contribution is -0.144. The number of esters is 2. The van der Waals surface area contributed by atoms with Gasteiger partial charge in [-0.05, 0) is 168 Å². The first-order chi connectivity index (χ1) is 45.5. The number of unbranched alkanes of at least 4 members (excludes halogenated alkanes) is 44. The molecule has 10 nitrogen and oxygen atoms in total. The SMILES string of the molecule is CCCCC/C=C\C/C=C\CCCCCCCCN(CCO)CCCCCCCCCC(=O)OCCCCCCCCCCN(CCO)CCCCCCCCCCOC(=O)CCCCCCCCCN(CCO)CCCCCCCC/C=C\C/C=C\CCCCC. The van der Waals surface area contributed by atoms with Crippen molar-refractivity contribution < 1.29 is 34.4 Å². The van der Waals surface area contributed by atoms with Crippen LogP contribution in [0.15, 0.2) is 48.6 Å². The number of hydrogen-bond donors (Lipinski definition) is 3. The lowest BCUT2D eigenvalue weighted by Crippen LogP contribution is -2.29. The molecule has 0 aromatic rings. The van der Waals surface area contributed by atoms with Crippen LogP contribution in [0.5, 0.6) is 0 Å². The van der Waals surface area contributed by atoms with Crippen molar-refractivity contribution in [3.8, 4) is 0 Å². The summed E-state index contributed by atoms with van der Waals surface area (Å²) in [6.07, 6.45) is 86.1. The van der Waals surface area contributed by atoms with Gasteiger partial charge in [-0.2, -0.15) is 0 Å². The van der Waals surface area contributed by atoms with E-state index >= 15 is 0 Å². The topological polar surface area (TPSA) is 123 Å². The number of carbonyl (C=O) groups excluding carboxylic acids is 2. The van der Waals surface area contributed by atoms with Gasteiger partial charge in [-0.3, -0.25) is 9.59 Å². The number of nitrogens with zero attached hydrogens (tertiary/aromatic N) is 3. The zero-order valence-corrected chi connectivity index (χ0v) is 61.4. The Hall–Kier alpha value is -2.34. The molecule has 0 radical (unpaired) electrons. The number of aliphatic hydroxyl groups is 3. The molecule has 0 heterocycles. The van der Waals surface area contributed by atoms with Crippen LogP contribution in [0, 0.1) is 0 Å². The molecule has 0 amide bonds. The van der Waals surface area contributed by atoms with Crippen LogP contribution in [0.3, 0.4) is 0 Å². The summed E-state index contributed by atoms with van der Waals surface area (Å²) in [4.78, 5) is 31.9. The molecule has 0 aliphatic heterocycles. The first-order valence-corrected chi connectivity index (χ1v) is 40.4. The molecule has 0 aromatic carbocycles. The van der Waals surface area contributed by atoms with E-state index in [-0.39, 0.29) is 31.8 Å². The highest BCUT2D eigenvalue weighted by Crippen LogP contribution is 2.17. The number of hydrogen-bond acceptors (Lipinski definition) is 10. The van der Waals surface area contributed by atoms with E-state index in [4.69, 9.17) is 9.47 Å². The van der Waals surface area contributed by atoms with Gasteiger partial charge in [-0.1, -0.05) is 281 Å². The van der Waals surface area contributed by atoms with Crippen LogP contribution in [-0.2, 0) is 19.1 Å². The van der Waals surface area contributed by atoms with Crippen molar-refractivity contribution in [1.82, 2.24) is 14.7 Å². The average Bonchev–Trinajstić information content (AvgIpc) is 3.58. The van der Waals surface area contributed by atoms with Gasteiger partial charge in [0.25, 0.3) is 0 Å². The number of allylic oxidation sites excluding steroid dienone is 8. The third kappa shape index (κ3) is 73.5. The maximum absolute atomic E-state index is 12.3. The van der Waals surface area contributed by atoms with Crippen LogP contribution >= 0.6 is 0 Å². The second kappa shape index (κ2) is 79.3. The smallest absolute Gasteiger partial charge is 0.305 e. The molecule has 0 aromatic heterocycles. The van der Waals surface area contributed by atoms with Gasteiger partial charge < -0.3 is 39.5 Å². The van der Waals surface area contributed by atoms with Crippen molar-refractivity contribution in [2.45, 2.75) is 373 Å². The standard InChI is InChI=1S/C82H157N3O7/c1-3-5-7-9-11-13-15-17-19-21-23-25-27-37-47-57-67-84(74-77-87)71-61-51-41-33-35-45-55-65-81(89)91-79-63-53-43-31-29-39-49-59-69-83(73-76-86)70-60-50-40-30-32-44-54-64-80-92-82(90)66-56-46-36-34-42-52-62-72-85(75-78-88)68-58-48-38-28-26-24-22-20-18-16-14-12-10-8-6-4-2/h11-14,17-20,86-88H,3-10,15-16,21-80H2,1-2H3/b13-11-,14-12-,19-17-,20-18-. The maximum atomic E-state index is 12.3. The van der Waals surface area contributed by atoms with E-state index in [1.807, 2.05) is 0 Å². The Bertz CT molecular complexity index is 1460. The molecule has 0 saturated heterocycles. The zero-order chi connectivity index (χ0) is 66.5. The zero-order valence-electron chi connectivity index (χ0n) is 61.4. The molecule has 3 N–H and O–H groups in total. The van der Waals surface area contributed by atoms with Crippen molar-refractivity contribution in [3.63, 3.8) is 0 Å². The van der Waals surface area contributed by atoms with Crippen molar-refractivity contribution in [2.75, 3.05) is 91.9 Å². The predicted molar refractivity (Wildman–Crippen MR) is 399 cm³/mol. The summed E-state index contributed by atoms with van der Waals surface area (Å²) in [5.74, 6) is -0.0471. The molecule has 0 rings (SSSR count). The van der Waals surface area contributed by atoms with E-state index in [9.17, 15) is 24.9 Å². The fourth-order valence-electron chi connectivity index (χ4n) is 12.6. The Balaban J connectivity index is 3.60. The van der Waals surface area contributed by atoms with Gasteiger partial charge in [0.05, 0.1) is 33.0 Å². The average molecular weight is 1300 g/mol. The summed E-state index contributed by atoms with van der Waals surface area (Å²) in [6, 6.07) is 0. The van der Waals surface area contributed by atoms with Crippen LogP contribution in [0.4, 0.5) is 0 Å². The van der Waals surface area contributed by atoms with Crippen molar-refractivity contribution in [1.29, 1.82) is 0 Å². The van der Waals surface area contributed by atoms with E-state index in [0.717, 1.165) is 123 Å². The van der Waals surface area contributed by atoms with E-state index < -0.39 is 0 Å². The molecule has 0 unspecified atom stereocenters. The Labute approximate surface area is 572 Å². The summed E-state index contributed by atoms with van der Waals surface area (Å²) in [5, 5.41) is 28.8. The van der Waals surface area contributed by atoms with E-state index in [1.165, 1.54) is 283 Å². The van der Waals surface area contributed by atoms with Crippen molar-refractivity contribution >= 4 is 11.9 Å². The summed E-state index contributed by atoms with van der Waals surface area (Å²) < 4.78 is 11.1. The van der Waals surface area contributed by atoms with Crippen molar-refractivity contribution in [2.24, 2.45) is 0 Å². The molecule has 0 spiro atoms. The van der Waals surface area contributed by atoms with Gasteiger partial charge in [-0.25, -0.2) is 0 Å². The maximum Gasteiger partial charge on any atom is 0.305 e. The van der Waals surface area contributed by atoms with Crippen LogP contribution in [0.1, 0.15) is 373 Å². The number of ether oxygens (including phenoxy) is 2.